The van der Waals surface area contributed by atoms with Gasteiger partial charge in [0.15, 0.2) is 0 Å². The minimum atomic E-state index is -0.289. The van der Waals surface area contributed by atoms with Crippen LogP contribution in [0.25, 0.3) is 0 Å². The Bertz CT molecular complexity index is 454. The number of anilines is 1. The van der Waals surface area contributed by atoms with Gasteiger partial charge in [0.1, 0.15) is 0 Å². The zero-order valence-corrected chi connectivity index (χ0v) is 12.7. The SMILES string of the molecule is CC(C(=O)Nc1ncccn1)N(C)CC1CCCCC1O. The first-order valence-corrected chi connectivity index (χ1v) is 7.54. The highest BCUT2D eigenvalue weighted by atomic mass is 16.3. The normalized spacial score (nSPS) is 23.8. The molecule has 2 N–H and O–H groups in total. The van der Waals surface area contributed by atoms with E-state index in [4.69, 9.17) is 0 Å². The van der Waals surface area contributed by atoms with Gasteiger partial charge in [-0.1, -0.05) is 12.8 Å². The lowest BCUT2D eigenvalue weighted by Crippen LogP contribution is -2.44. The van der Waals surface area contributed by atoms with E-state index in [0.29, 0.717) is 5.95 Å². The van der Waals surface area contributed by atoms with Crippen molar-refractivity contribution in [2.75, 3.05) is 18.9 Å². The molecular formula is C15H24N4O2. The maximum atomic E-state index is 12.2. The van der Waals surface area contributed by atoms with Crippen LogP contribution >= 0.6 is 0 Å². The quantitative estimate of drug-likeness (QED) is 0.855. The van der Waals surface area contributed by atoms with E-state index < -0.39 is 0 Å². The predicted octanol–water partition coefficient (Wildman–Crippen LogP) is 1.29. The van der Waals surface area contributed by atoms with Gasteiger partial charge in [0, 0.05) is 18.9 Å². The molecule has 1 aromatic heterocycles. The summed E-state index contributed by atoms with van der Waals surface area (Å²) in [7, 11) is 1.91. The van der Waals surface area contributed by atoms with Gasteiger partial charge in [0.25, 0.3) is 0 Å². The number of hydrogen-bond acceptors (Lipinski definition) is 5. The van der Waals surface area contributed by atoms with E-state index >= 15 is 0 Å². The highest BCUT2D eigenvalue weighted by Crippen LogP contribution is 2.25. The van der Waals surface area contributed by atoms with E-state index in [1.807, 2.05) is 18.9 Å². The van der Waals surface area contributed by atoms with Gasteiger partial charge in [-0.05, 0) is 38.8 Å². The van der Waals surface area contributed by atoms with Crippen molar-refractivity contribution in [2.45, 2.75) is 44.8 Å². The second-order valence-electron chi connectivity index (χ2n) is 5.79. The van der Waals surface area contributed by atoms with E-state index in [-0.39, 0.29) is 24.0 Å². The van der Waals surface area contributed by atoms with E-state index in [0.717, 1.165) is 32.2 Å². The molecule has 1 saturated carbocycles. The average molecular weight is 292 g/mol. The van der Waals surface area contributed by atoms with E-state index in [1.54, 1.807) is 18.5 Å². The van der Waals surface area contributed by atoms with Gasteiger partial charge in [0.05, 0.1) is 12.1 Å². The fourth-order valence-corrected chi connectivity index (χ4v) is 2.71. The van der Waals surface area contributed by atoms with Crippen LogP contribution in [0.3, 0.4) is 0 Å². The molecule has 0 radical (unpaired) electrons. The molecule has 1 amide bonds. The minimum Gasteiger partial charge on any atom is -0.393 e. The molecule has 0 bridgehead atoms. The highest BCUT2D eigenvalue weighted by molar-refractivity contribution is 5.92. The van der Waals surface area contributed by atoms with E-state index in [2.05, 4.69) is 15.3 Å². The van der Waals surface area contributed by atoms with Crippen molar-refractivity contribution < 1.29 is 9.90 Å². The Morgan fingerprint density at radius 3 is 2.76 bits per heavy atom. The summed E-state index contributed by atoms with van der Waals surface area (Å²) in [4.78, 5) is 22.1. The molecule has 3 atom stereocenters. The third-order valence-electron chi connectivity index (χ3n) is 4.23. The minimum absolute atomic E-state index is 0.131. The Hall–Kier alpha value is -1.53. The Labute approximate surface area is 125 Å². The zero-order valence-electron chi connectivity index (χ0n) is 12.7. The number of aliphatic hydroxyl groups is 1. The first kappa shape index (κ1) is 15.9. The summed E-state index contributed by atoms with van der Waals surface area (Å²) < 4.78 is 0. The number of carbonyl (C=O) groups is 1. The fourth-order valence-electron chi connectivity index (χ4n) is 2.71. The molecule has 21 heavy (non-hydrogen) atoms. The first-order chi connectivity index (χ1) is 10.1. The number of nitrogens with zero attached hydrogens (tertiary/aromatic N) is 3. The third kappa shape index (κ3) is 4.47. The van der Waals surface area contributed by atoms with Crippen molar-refractivity contribution >= 4 is 11.9 Å². The number of rotatable bonds is 5. The van der Waals surface area contributed by atoms with Crippen LogP contribution in [0.4, 0.5) is 5.95 Å². The topological polar surface area (TPSA) is 78.4 Å². The molecule has 0 aromatic carbocycles. The van der Waals surface area contributed by atoms with Crippen LogP contribution in [0.5, 0.6) is 0 Å². The number of nitrogens with one attached hydrogen (secondary N) is 1. The molecule has 1 fully saturated rings. The molecule has 1 heterocycles. The van der Waals surface area contributed by atoms with Gasteiger partial charge in [-0.15, -0.1) is 0 Å². The average Bonchev–Trinajstić information content (AvgIpc) is 2.49. The maximum absolute atomic E-state index is 12.2. The molecular weight excluding hydrogens is 268 g/mol. The lowest BCUT2D eigenvalue weighted by atomic mass is 9.86. The summed E-state index contributed by atoms with van der Waals surface area (Å²) in [5.74, 6) is 0.446. The van der Waals surface area contributed by atoms with E-state index in [9.17, 15) is 9.90 Å². The lowest BCUT2D eigenvalue weighted by molar-refractivity contribution is -0.120. The standard InChI is InChI=1S/C15H24N4O2/c1-11(14(21)18-15-16-8-5-9-17-15)19(2)10-12-6-3-4-7-13(12)20/h5,8-9,11-13,20H,3-4,6-7,10H2,1-2H3,(H,16,17,18,21). The van der Waals surface area contributed by atoms with Crippen molar-refractivity contribution in [1.29, 1.82) is 0 Å². The van der Waals surface area contributed by atoms with Gasteiger partial charge < -0.3 is 5.11 Å². The molecule has 2 rings (SSSR count). The van der Waals surface area contributed by atoms with Crippen molar-refractivity contribution in [3.05, 3.63) is 18.5 Å². The second kappa shape index (κ2) is 7.47. The highest BCUT2D eigenvalue weighted by Gasteiger charge is 2.27. The van der Waals surface area contributed by atoms with Crippen LogP contribution in [-0.2, 0) is 4.79 Å². The maximum Gasteiger partial charge on any atom is 0.243 e. The number of aliphatic hydroxyl groups excluding tert-OH is 1. The van der Waals surface area contributed by atoms with Crippen molar-refractivity contribution in [3.8, 4) is 0 Å². The van der Waals surface area contributed by atoms with Crippen LogP contribution in [0.1, 0.15) is 32.6 Å². The zero-order chi connectivity index (χ0) is 15.2. The molecule has 1 aliphatic rings. The predicted molar refractivity (Wildman–Crippen MR) is 80.7 cm³/mol. The van der Waals surface area contributed by atoms with Crippen molar-refractivity contribution in [2.24, 2.45) is 5.92 Å². The number of carbonyl (C=O) groups excluding carboxylic acids is 1. The molecule has 6 heteroatoms. The number of aromatic nitrogens is 2. The molecule has 0 spiro atoms. The molecule has 0 aliphatic heterocycles. The Balaban J connectivity index is 1.86. The molecule has 1 aliphatic carbocycles. The Morgan fingerprint density at radius 2 is 2.10 bits per heavy atom. The summed E-state index contributed by atoms with van der Waals surface area (Å²) >= 11 is 0. The van der Waals surface area contributed by atoms with Crippen LogP contribution in [0.2, 0.25) is 0 Å². The largest absolute Gasteiger partial charge is 0.393 e. The Kier molecular flexibility index (Phi) is 5.64. The molecule has 1 aromatic rings. The molecule has 6 nitrogen and oxygen atoms in total. The summed E-state index contributed by atoms with van der Waals surface area (Å²) in [5, 5.41) is 12.7. The van der Waals surface area contributed by atoms with Gasteiger partial charge in [-0.25, -0.2) is 9.97 Å². The van der Waals surface area contributed by atoms with Crippen molar-refractivity contribution in [3.63, 3.8) is 0 Å². The lowest BCUT2D eigenvalue weighted by Gasteiger charge is -2.33. The summed E-state index contributed by atoms with van der Waals surface area (Å²) in [6.45, 7) is 2.58. The Morgan fingerprint density at radius 1 is 1.43 bits per heavy atom. The summed E-state index contributed by atoms with van der Waals surface area (Å²) in [6.07, 6.45) is 7.11. The third-order valence-corrected chi connectivity index (χ3v) is 4.23. The fraction of sp³-hybridized carbons (Fsp3) is 0.667. The number of amides is 1. The molecule has 116 valence electrons. The molecule has 0 saturated heterocycles. The van der Waals surface area contributed by atoms with Gasteiger partial charge >= 0.3 is 0 Å². The first-order valence-electron chi connectivity index (χ1n) is 7.54. The van der Waals surface area contributed by atoms with E-state index in [1.165, 1.54) is 0 Å². The van der Waals surface area contributed by atoms with Crippen LogP contribution in [0, 0.1) is 5.92 Å². The number of likely N-dealkylation sites (N-methyl/N-ethyl adjacent to an activating group) is 1. The van der Waals surface area contributed by atoms with Crippen LogP contribution in [0.15, 0.2) is 18.5 Å². The summed E-state index contributed by atoms with van der Waals surface area (Å²) in [6, 6.07) is 1.42. The van der Waals surface area contributed by atoms with Gasteiger partial charge in [-0.3, -0.25) is 15.0 Å². The van der Waals surface area contributed by atoms with Crippen molar-refractivity contribution in [1.82, 2.24) is 14.9 Å². The summed E-state index contributed by atoms with van der Waals surface area (Å²) in [5.41, 5.74) is 0. The second-order valence-corrected chi connectivity index (χ2v) is 5.79. The van der Waals surface area contributed by atoms with Crippen LogP contribution < -0.4 is 5.32 Å². The monoisotopic (exact) mass is 292 g/mol. The number of hydrogen-bond donors (Lipinski definition) is 2. The molecule has 3 unspecified atom stereocenters. The van der Waals surface area contributed by atoms with Gasteiger partial charge in [0.2, 0.25) is 11.9 Å². The van der Waals surface area contributed by atoms with Gasteiger partial charge in [-0.2, -0.15) is 0 Å². The smallest absolute Gasteiger partial charge is 0.243 e. The van der Waals surface area contributed by atoms with Crippen LogP contribution in [-0.4, -0.2) is 51.6 Å².